The van der Waals surface area contributed by atoms with Crippen LogP contribution in [-0.2, 0) is 13.6 Å². The summed E-state index contributed by atoms with van der Waals surface area (Å²) in [5.74, 6) is 0.867. The standard InChI is InChI=1S/C11H13Br2N3O/c1-6-10(7(2)16(3)15-6)14-5-8-4-9(12)11(13)17-8/h4,14H,5H2,1-3H3. The summed E-state index contributed by atoms with van der Waals surface area (Å²) in [6, 6.07) is 1.94. The molecule has 0 aromatic carbocycles. The van der Waals surface area contributed by atoms with Crippen molar-refractivity contribution in [2.75, 3.05) is 5.32 Å². The van der Waals surface area contributed by atoms with Crippen molar-refractivity contribution < 1.29 is 4.42 Å². The van der Waals surface area contributed by atoms with Crippen LogP contribution in [0, 0.1) is 13.8 Å². The maximum atomic E-state index is 5.50. The Balaban J connectivity index is 2.12. The minimum atomic E-state index is 0.636. The molecule has 0 aliphatic heterocycles. The molecule has 0 bridgehead atoms. The zero-order chi connectivity index (χ0) is 12.6. The van der Waals surface area contributed by atoms with Gasteiger partial charge in [-0.05, 0) is 51.8 Å². The Morgan fingerprint density at radius 3 is 2.59 bits per heavy atom. The molecule has 0 unspecified atom stereocenters. The van der Waals surface area contributed by atoms with E-state index in [1.807, 2.05) is 31.6 Å². The van der Waals surface area contributed by atoms with Gasteiger partial charge < -0.3 is 9.73 Å². The third kappa shape index (κ3) is 2.57. The molecule has 0 spiro atoms. The Morgan fingerprint density at radius 2 is 2.12 bits per heavy atom. The summed E-state index contributed by atoms with van der Waals surface area (Å²) in [4.78, 5) is 0. The van der Waals surface area contributed by atoms with Gasteiger partial charge in [-0.3, -0.25) is 4.68 Å². The third-order valence-electron chi connectivity index (χ3n) is 2.64. The first-order valence-corrected chi connectivity index (χ1v) is 6.75. The van der Waals surface area contributed by atoms with E-state index in [0.717, 1.165) is 27.3 Å². The summed E-state index contributed by atoms with van der Waals surface area (Å²) in [5.41, 5.74) is 3.18. The molecule has 92 valence electrons. The first-order valence-electron chi connectivity index (χ1n) is 5.17. The van der Waals surface area contributed by atoms with Gasteiger partial charge in [0.2, 0.25) is 0 Å². The van der Waals surface area contributed by atoms with Crippen LogP contribution in [0.3, 0.4) is 0 Å². The Hall–Kier alpha value is -0.750. The average molecular weight is 363 g/mol. The van der Waals surface area contributed by atoms with Crippen LogP contribution in [0.2, 0.25) is 0 Å². The molecule has 2 heterocycles. The fraction of sp³-hybridized carbons (Fsp3) is 0.364. The summed E-state index contributed by atoms with van der Waals surface area (Å²) in [5, 5.41) is 7.69. The second kappa shape index (κ2) is 4.86. The molecule has 0 radical (unpaired) electrons. The van der Waals surface area contributed by atoms with Crippen molar-refractivity contribution in [2.45, 2.75) is 20.4 Å². The van der Waals surface area contributed by atoms with Gasteiger partial charge in [-0.15, -0.1) is 0 Å². The van der Waals surface area contributed by atoms with E-state index in [9.17, 15) is 0 Å². The van der Waals surface area contributed by atoms with E-state index in [-0.39, 0.29) is 0 Å². The predicted octanol–water partition coefficient (Wildman–Crippen LogP) is 3.77. The number of nitrogens with one attached hydrogen (secondary N) is 1. The van der Waals surface area contributed by atoms with Crippen molar-refractivity contribution in [3.8, 4) is 0 Å². The van der Waals surface area contributed by atoms with Gasteiger partial charge in [0, 0.05) is 7.05 Å². The van der Waals surface area contributed by atoms with Gasteiger partial charge in [-0.1, -0.05) is 0 Å². The molecule has 0 saturated heterocycles. The number of aryl methyl sites for hydroxylation is 2. The first-order chi connectivity index (χ1) is 7.99. The second-order valence-corrected chi connectivity index (χ2v) is 5.43. The summed E-state index contributed by atoms with van der Waals surface area (Å²) >= 11 is 6.71. The zero-order valence-corrected chi connectivity index (χ0v) is 13.0. The summed E-state index contributed by atoms with van der Waals surface area (Å²) in [7, 11) is 1.94. The second-order valence-electron chi connectivity index (χ2n) is 3.86. The van der Waals surface area contributed by atoms with Gasteiger partial charge in [0.1, 0.15) is 5.76 Å². The zero-order valence-electron chi connectivity index (χ0n) is 9.84. The Bertz CT molecular complexity index is 526. The summed E-state index contributed by atoms with van der Waals surface area (Å²) in [6.45, 7) is 4.66. The largest absolute Gasteiger partial charge is 0.451 e. The van der Waals surface area contributed by atoms with Crippen LogP contribution in [0.1, 0.15) is 17.1 Å². The molecule has 0 aliphatic carbocycles. The fourth-order valence-corrected chi connectivity index (χ4v) is 2.34. The molecule has 1 N–H and O–H groups in total. The van der Waals surface area contributed by atoms with Gasteiger partial charge in [0.25, 0.3) is 0 Å². The van der Waals surface area contributed by atoms with E-state index in [4.69, 9.17) is 4.42 Å². The molecule has 2 aromatic heterocycles. The number of aromatic nitrogens is 2. The number of anilines is 1. The van der Waals surface area contributed by atoms with Gasteiger partial charge in [0.05, 0.1) is 28.1 Å². The lowest BCUT2D eigenvalue weighted by Gasteiger charge is -2.04. The van der Waals surface area contributed by atoms with E-state index in [2.05, 4.69) is 42.3 Å². The average Bonchev–Trinajstić information content (AvgIpc) is 2.69. The monoisotopic (exact) mass is 361 g/mol. The van der Waals surface area contributed by atoms with Crippen LogP contribution >= 0.6 is 31.9 Å². The maximum Gasteiger partial charge on any atom is 0.183 e. The number of hydrogen-bond donors (Lipinski definition) is 1. The van der Waals surface area contributed by atoms with Gasteiger partial charge >= 0.3 is 0 Å². The number of halogens is 2. The first kappa shape index (κ1) is 12.7. The minimum Gasteiger partial charge on any atom is -0.451 e. The van der Waals surface area contributed by atoms with Crippen molar-refractivity contribution in [3.05, 3.63) is 32.4 Å². The molecule has 6 heteroatoms. The van der Waals surface area contributed by atoms with Crippen molar-refractivity contribution >= 4 is 37.5 Å². The third-order valence-corrected chi connectivity index (χ3v) is 4.35. The Morgan fingerprint density at radius 1 is 1.41 bits per heavy atom. The number of rotatable bonds is 3. The van der Waals surface area contributed by atoms with Crippen LogP contribution < -0.4 is 5.32 Å². The molecule has 17 heavy (non-hydrogen) atoms. The van der Waals surface area contributed by atoms with E-state index in [0.29, 0.717) is 11.2 Å². The van der Waals surface area contributed by atoms with Crippen LogP contribution in [0.15, 0.2) is 19.6 Å². The molecule has 4 nitrogen and oxygen atoms in total. The van der Waals surface area contributed by atoms with Gasteiger partial charge in [-0.25, -0.2) is 0 Å². The van der Waals surface area contributed by atoms with Crippen LogP contribution in [0.25, 0.3) is 0 Å². The molecule has 0 fully saturated rings. The molecule has 2 aromatic rings. The van der Waals surface area contributed by atoms with E-state index >= 15 is 0 Å². The van der Waals surface area contributed by atoms with Crippen molar-refractivity contribution in [1.29, 1.82) is 0 Å². The lowest BCUT2D eigenvalue weighted by molar-refractivity contribution is 0.494. The number of hydrogen-bond acceptors (Lipinski definition) is 3. The van der Waals surface area contributed by atoms with Crippen molar-refractivity contribution in [3.63, 3.8) is 0 Å². The molecule has 0 atom stereocenters. The molecular weight excluding hydrogens is 350 g/mol. The number of furan rings is 1. The van der Waals surface area contributed by atoms with Gasteiger partial charge in [-0.2, -0.15) is 5.10 Å². The SMILES string of the molecule is Cc1nn(C)c(C)c1NCc1cc(Br)c(Br)o1. The Labute approximate surface area is 117 Å². The molecule has 0 aliphatic rings. The Kier molecular flexibility index (Phi) is 3.63. The fourth-order valence-electron chi connectivity index (χ4n) is 1.68. The highest BCUT2D eigenvalue weighted by atomic mass is 79.9. The topological polar surface area (TPSA) is 43.0 Å². The lowest BCUT2D eigenvalue weighted by Crippen LogP contribution is -2.00. The molecular formula is C11H13Br2N3O. The van der Waals surface area contributed by atoms with Crippen LogP contribution in [0.4, 0.5) is 5.69 Å². The molecule has 0 saturated carbocycles. The summed E-state index contributed by atoms with van der Waals surface area (Å²) in [6.07, 6.45) is 0. The van der Waals surface area contributed by atoms with Crippen molar-refractivity contribution in [2.24, 2.45) is 7.05 Å². The van der Waals surface area contributed by atoms with E-state index in [1.54, 1.807) is 0 Å². The lowest BCUT2D eigenvalue weighted by atomic mass is 10.3. The van der Waals surface area contributed by atoms with E-state index in [1.165, 1.54) is 0 Å². The normalized spacial score (nSPS) is 10.9. The van der Waals surface area contributed by atoms with Crippen LogP contribution in [-0.4, -0.2) is 9.78 Å². The smallest absolute Gasteiger partial charge is 0.183 e. The molecule has 2 rings (SSSR count). The quantitative estimate of drug-likeness (QED) is 0.903. The molecule has 0 amide bonds. The highest BCUT2D eigenvalue weighted by Crippen LogP contribution is 2.27. The highest BCUT2D eigenvalue weighted by molar-refractivity contribution is 9.13. The van der Waals surface area contributed by atoms with E-state index < -0.39 is 0 Å². The van der Waals surface area contributed by atoms with Crippen LogP contribution in [0.5, 0.6) is 0 Å². The van der Waals surface area contributed by atoms with Crippen molar-refractivity contribution in [1.82, 2.24) is 9.78 Å². The van der Waals surface area contributed by atoms with Gasteiger partial charge in [0.15, 0.2) is 4.67 Å². The summed E-state index contributed by atoms with van der Waals surface area (Å²) < 4.78 is 9.01. The maximum absolute atomic E-state index is 5.50. The predicted molar refractivity (Wildman–Crippen MR) is 74.1 cm³/mol. The minimum absolute atomic E-state index is 0.636. The highest BCUT2D eigenvalue weighted by Gasteiger charge is 2.10. The number of nitrogens with zero attached hydrogens (tertiary/aromatic N) is 2.